The van der Waals surface area contributed by atoms with Crippen molar-refractivity contribution in [3.05, 3.63) is 58.9 Å². The number of rotatable bonds is 4. The van der Waals surface area contributed by atoms with Crippen LogP contribution in [0.3, 0.4) is 0 Å². The van der Waals surface area contributed by atoms with Crippen molar-refractivity contribution in [3.63, 3.8) is 0 Å². The molecule has 4 nitrogen and oxygen atoms in total. The number of carbonyl (C=O) groups is 1. The Labute approximate surface area is 128 Å². The van der Waals surface area contributed by atoms with Crippen molar-refractivity contribution in [3.8, 4) is 5.75 Å². The molecular formula is C14H10ClF3N2O2. The van der Waals surface area contributed by atoms with Gasteiger partial charge in [0.1, 0.15) is 10.9 Å². The quantitative estimate of drug-likeness (QED) is 0.872. The number of benzene rings is 1. The van der Waals surface area contributed by atoms with Crippen molar-refractivity contribution in [1.82, 2.24) is 10.3 Å². The van der Waals surface area contributed by atoms with E-state index < -0.39 is 12.3 Å². The van der Waals surface area contributed by atoms with Crippen molar-refractivity contribution < 1.29 is 22.7 Å². The van der Waals surface area contributed by atoms with Gasteiger partial charge in [0, 0.05) is 23.9 Å². The molecule has 1 heterocycles. The van der Waals surface area contributed by atoms with Gasteiger partial charge >= 0.3 is 6.36 Å². The molecule has 0 aliphatic heterocycles. The van der Waals surface area contributed by atoms with Gasteiger partial charge in [-0.05, 0) is 18.2 Å². The van der Waals surface area contributed by atoms with Gasteiger partial charge < -0.3 is 10.1 Å². The lowest BCUT2D eigenvalue weighted by atomic mass is 10.2. The number of alkyl halides is 3. The van der Waals surface area contributed by atoms with Crippen molar-refractivity contribution in [2.45, 2.75) is 12.9 Å². The number of ether oxygens (including phenoxy) is 1. The zero-order valence-corrected chi connectivity index (χ0v) is 11.8. The van der Waals surface area contributed by atoms with Gasteiger partial charge in [0.15, 0.2) is 0 Å². The maximum atomic E-state index is 12.3. The van der Waals surface area contributed by atoms with Crippen LogP contribution in [-0.2, 0) is 6.54 Å². The number of hydrogen-bond acceptors (Lipinski definition) is 3. The van der Waals surface area contributed by atoms with Crippen molar-refractivity contribution >= 4 is 17.5 Å². The fourth-order valence-corrected chi connectivity index (χ4v) is 1.87. The summed E-state index contributed by atoms with van der Waals surface area (Å²) in [5, 5.41) is 2.64. The summed E-state index contributed by atoms with van der Waals surface area (Å²) in [6, 6.07) is 8.37. The molecule has 1 aromatic heterocycles. The molecule has 0 aliphatic carbocycles. The smallest absolute Gasteiger partial charge is 0.405 e. The fraction of sp³-hybridized carbons (Fsp3) is 0.143. The molecule has 0 saturated heterocycles. The van der Waals surface area contributed by atoms with E-state index in [1.807, 2.05) is 0 Å². The first-order valence-electron chi connectivity index (χ1n) is 6.08. The third-order valence-electron chi connectivity index (χ3n) is 2.63. The normalized spacial score (nSPS) is 11.1. The predicted molar refractivity (Wildman–Crippen MR) is 73.5 cm³/mol. The standard InChI is InChI=1S/C14H10ClF3N2O2/c15-12-7-9(5-6-19-12)13(21)20-8-10-3-1-2-4-11(10)22-14(16,17)18/h1-7H,8H2,(H,20,21). The van der Waals surface area contributed by atoms with Gasteiger partial charge in [0.25, 0.3) is 5.91 Å². The Bertz CT molecular complexity index is 677. The van der Waals surface area contributed by atoms with Gasteiger partial charge in [-0.2, -0.15) is 0 Å². The van der Waals surface area contributed by atoms with E-state index in [-0.39, 0.29) is 28.6 Å². The minimum absolute atomic E-state index is 0.120. The molecule has 2 rings (SSSR count). The number of halogens is 4. The second-order valence-electron chi connectivity index (χ2n) is 4.21. The minimum Gasteiger partial charge on any atom is -0.405 e. The molecule has 0 spiro atoms. The molecule has 116 valence electrons. The summed E-state index contributed by atoms with van der Waals surface area (Å²) in [5.74, 6) is -0.839. The van der Waals surface area contributed by atoms with Crippen LogP contribution in [0.25, 0.3) is 0 Å². The van der Waals surface area contributed by atoms with E-state index in [1.165, 1.54) is 36.5 Å². The van der Waals surface area contributed by atoms with E-state index in [4.69, 9.17) is 11.6 Å². The van der Waals surface area contributed by atoms with Crippen LogP contribution in [0, 0.1) is 0 Å². The summed E-state index contributed by atoms with van der Waals surface area (Å²) in [5.41, 5.74) is 0.461. The predicted octanol–water partition coefficient (Wildman–Crippen LogP) is 3.56. The molecule has 1 amide bonds. The van der Waals surface area contributed by atoms with Crippen LogP contribution in [0.15, 0.2) is 42.6 Å². The molecule has 0 fully saturated rings. The van der Waals surface area contributed by atoms with E-state index in [1.54, 1.807) is 6.07 Å². The lowest BCUT2D eigenvalue weighted by molar-refractivity contribution is -0.274. The Morgan fingerprint density at radius 2 is 2.00 bits per heavy atom. The maximum absolute atomic E-state index is 12.3. The first-order valence-corrected chi connectivity index (χ1v) is 6.46. The van der Waals surface area contributed by atoms with Crippen LogP contribution < -0.4 is 10.1 Å². The van der Waals surface area contributed by atoms with Gasteiger partial charge in [-0.15, -0.1) is 13.2 Å². The third-order valence-corrected chi connectivity index (χ3v) is 2.83. The molecule has 0 unspecified atom stereocenters. The first-order chi connectivity index (χ1) is 10.3. The van der Waals surface area contributed by atoms with Crippen molar-refractivity contribution in [1.29, 1.82) is 0 Å². The summed E-state index contributed by atoms with van der Waals surface area (Å²) in [7, 11) is 0. The van der Waals surface area contributed by atoms with Gasteiger partial charge in [-0.25, -0.2) is 4.98 Å². The summed E-state index contributed by atoms with van der Waals surface area (Å²) in [4.78, 5) is 15.6. The second kappa shape index (κ2) is 6.65. The highest BCUT2D eigenvalue weighted by Gasteiger charge is 2.31. The highest BCUT2D eigenvalue weighted by atomic mass is 35.5. The fourth-order valence-electron chi connectivity index (χ4n) is 1.70. The number of aromatic nitrogens is 1. The summed E-state index contributed by atoms with van der Waals surface area (Å²) >= 11 is 5.67. The largest absolute Gasteiger partial charge is 0.573 e. The lowest BCUT2D eigenvalue weighted by Crippen LogP contribution is -2.24. The van der Waals surface area contributed by atoms with Crippen LogP contribution >= 0.6 is 11.6 Å². The summed E-state index contributed by atoms with van der Waals surface area (Å²) in [6.45, 7) is -0.120. The Balaban J connectivity index is 2.07. The molecule has 0 aliphatic rings. The Morgan fingerprint density at radius 1 is 1.27 bits per heavy atom. The molecule has 0 radical (unpaired) electrons. The number of para-hydroxylation sites is 1. The molecule has 1 N–H and O–H groups in total. The number of hydrogen-bond donors (Lipinski definition) is 1. The number of nitrogens with zero attached hydrogens (tertiary/aromatic N) is 1. The van der Waals surface area contributed by atoms with Gasteiger partial charge in [0.2, 0.25) is 0 Å². The maximum Gasteiger partial charge on any atom is 0.573 e. The average Bonchev–Trinajstić information content (AvgIpc) is 2.44. The Kier molecular flexibility index (Phi) is 4.87. The topological polar surface area (TPSA) is 51.2 Å². The molecule has 22 heavy (non-hydrogen) atoms. The van der Waals surface area contributed by atoms with E-state index in [0.717, 1.165) is 0 Å². The van der Waals surface area contributed by atoms with Gasteiger partial charge in [0.05, 0.1) is 0 Å². The molecule has 8 heteroatoms. The molecular weight excluding hydrogens is 321 g/mol. The van der Waals surface area contributed by atoms with Crippen LogP contribution in [0.2, 0.25) is 5.15 Å². The third kappa shape index (κ3) is 4.63. The van der Waals surface area contributed by atoms with Crippen LogP contribution in [0.4, 0.5) is 13.2 Å². The average molecular weight is 331 g/mol. The van der Waals surface area contributed by atoms with Crippen LogP contribution in [0.5, 0.6) is 5.75 Å². The summed E-state index contributed by atoms with van der Waals surface area (Å²) in [6.07, 6.45) is -3.43. The highest BCUT2D eigenvalue weighted by molar-refractivity contribution is 6.29. The molecule has 1 aromatic carbocycles. The van der Waals surface area contributed by atoms with E-state index >= 15 is 0 Å². The van der Waals surface area contributed by atoms with E-state index in [0.29, 0.717) is 0 Å². The van der Waals surface area contributed by atoms with Crippen molar-refractivity contribution in [2.24, 2.45) is 0 Å². The van der Waals surface area contributed by atoms with Crippen LogP contribution in [-0.4, -0.2) is 17.3 Å². The Morgan fingerprint density at radius 3 is 2.68 bits per heavy atom. The van der Waals surface area contributed by atoms with E-state index in [9.17, 15) is 18.0 Å². The monoisotopic (exact) mass is 330 g/mol. The number of amides is 1. The van der Waals surface area contributed by atoms with Crippen LogP contribution in [0.1, 0.15) is 15.9 Å². The molecule has 2 aromatic rings. The van der Waals surface area contributed by atoms with Crippen molar-refractivity contribution in [2.75, 3.05) is 0 Å². The number of carbonyl (C=O) groups excluding carboxylic acids is 1. The minimum atomic E-state index is -4.79. The molecule has 0 saturated carbocycles. The SMILES string of the molecule is O=C(NCc1ccccc1OC(F)(F)F)c1ccnc(Cl)c1. The molecule has 0 atom stereocenters. The van der Waals surface area contributed by atoms with Gasteiger partial charge in [-0.1, -0.05) is 29.8 Å². The highest BCUT2D eigenvalue weighted by Crippen LogP contribution is 2.26. The number of nitrogens with one attached hydrogen (secondary N) is 1. The Hall–Kier alpha value is -2.28. The molecule has 0 bridgehead atoms. The number of pyridine rings is 1. The lowest BCUT2D eigenvalue weighted by Gasteiger charge is -2.13. The zero-order valence-electron chi connectivity index (χ0n) is 11.0. The first kappa shape index (κ1) is 16.1. The van der Waals surface area contributed by atoms with E-state index in [2.05, 4.69) is 15.0 Å². The zero-order chi connectivity index (χ0) is 16.2. The van der Waals surface area contributed by atoms with Gasteiger partial charge in [-0.3, -0.25) is 4.79 Å². The second-order valence-corrected chi connectivity index (χ2v) is 4.59. The summed E-state index contributed by atoms with van der Waals surface area (Å²) < 4.78 is 40.8.